The van der Waals surface area contributed by atoms with Crippen LogP contribution < -0.4 is 4.90 Å². The van der Waals surface area contributed by atoms with Crippen LogP contribution in [0.2, 0.25) is 0 Å². The molecule has 2 aliphatic heterocycles. The van der Waals surface area contributed by atoms with Crippen molar-refractivity contribution in [2.24, 2.45) is 0 Å². The first-order valence-corrected chi connectivity index (χ1v) is 9.04. The Bertz CT molecular complexity index is 834. The first kappa shape index (κ1) is 17.6. The summed E-state index contributed by atoms with van der Waals surface area (Å²) in [5.41, 5.74) is 1.76. The van der Waals surface area contributed by atoms with Crippen LogP contribution in [0.5, 0.6) is 0 Å². The van der Waals surface area contributed by atoms with E-state index in [1.54, 1.807) is 11.0 Å². The van der Waals surface area contributed by atoms with Crippen LogP contribution in [0, 0.1) is 0 Å². The molecule has 6 nitrogen and oxygen atoms in total. The number of anilines is 1. The molecule has 0 bridgehead atoms. The van der Waals surface area contributed by atoms with Gasteiger partial charge in [0.15, 0.2) is 0 Å². The van der Waals surface area contributed by atoms with Crippen LogP contribution in [0.3, 0.4) is 0 Å². The van der Waals surface area contributed by atoms with E-state index in [2.05, 4.69) is 0 Å². The van der Waals surface area contributed by atoms with E-state index >= 15 is 0 Å². The number of aliphatic carboxylic acids is 1. The predicted octanol–water partition coefficient (Wildman–Crippen LogP) is 2.49. The van der Waals surface area contributed by atoms with E-state index in [1.807, 2.05) is 25.1 Å². The Morgan fingerprint density at radius 1 is 1.28 bits per heavy atom. The fourth-order valence-corrected chi connectivity index (χ4v) is 4.41. The van der Waals surface area contributed by atoms with Crippen molar-refractivity contribution in [2.45, 2.75) is 26.3 Å². The van der Waals surface area contributed by atoms with E-state index in [0.717, 1.165) is 28.8 Å². The van der Waals surface area contributed by atoms with Gasteiger partial charge < -0.3 is 10.0 Å². The number of carbonyl (C=O) groups is 3. The topological polar surface area (TPSA) is 77.9 Å². The quantitative estimate of drug-likeness (QED) is 0.643. The number of thiocarbonyl (C=S) groups is 1. The molecule has 2 aliphatic rings. The Morgan fingerprint density at radius 2 is 1.96 bits per heavy atom. The molecule has 130 valence electrons. The summed E-state index contributed by atoms with van der Waals surface area (Å²) in [6, 6.07) is 6.21. The molecule has 0 aromatic heterocycles. The number of carbonyl (C=O) groups excluding carboxylic acids is 2. The van der Waals surface area contributed by atoms with E-state index in [4.69, 9.17) is 12.2 Å². The summed E-state index contributed by atoms with van der Waals surface area (Å²) in [5.74, 6) is -1.92. The van der Waals surface area contributed by atoms with Gasteiger partial charge in [-0.15, -0.1) is 0 Å². The van der Waals surface area contributed by atoms with E-state index in [9.17, 15) is 19.5 Å². The number of hydrogen-bond acceptors (Lipinski definition) is 5. The lowest BCUT2D eigenvalue weighted by Crippen LogP contribution is -2.41. The second kappa shape index (κ2) is 6.61. The zero-order valence-corrected chi connectivity index (χ0v) is 15.3. The second-order valence-electron chi connectivity index (χ2n) is 5.74. The number of benzene rings is 1. The maximum atomic E-state index is 12.9. The maximum absolute atomic E-state index is 12.9. The number of carboxylic acids is 1. The van der Waals surface area contributed by atoms with Gasteiger partial charge in [-0.1, -0.05) is 49.1 Å². The number of rotatable bonds is 4. The van der Waals surface area contributed by atoms with Crippen molar-refractivity contribution in [3.05, 3.63) is 34.7 Å². The van der Waals surface area contributed by atoms with Crippen molar-refractivity contribution < 1.29 is 19.5 Å². The molecule has 0 aliphatic carbocycles. The summed E-state index contributed by atoms with van der Waals surface area (Å²) in [6.45, 7) is 3.92. The number of hydrogen-bond donors (Lipinski definition) is 1. The Labute approximate surface area is 154 Å². The number of para-hydroxylation sites is 1. The molecule has 0 unspecified atom stereocenters. The minimum Gasteiger partial charge on any atom is -0.480 e. The molecule has 25 heavy (non-hydrogen) atoms. The smallest absolute Gasteiger partial charge is 0.326 e. The van der Waals surface area contributed by atoms with Crippen molar-refractivity contribution in [3.8, 4) is 0 Å². The summed E-state index contributed by atoms with van der Waals surface area (Å²) < 4.78 is 0.154. The summed E-state index contributed by atoms with van der Waals surface area (Å²) in [7, 11) is 0. The first-order chi connectivity index (χ1) is 11.9. The summed E-state index contributed by atoms with van der Waals surface area (Å²) >= 11 is 6.18. The lowest BCUT2D eigenvalue weighted by Gasteiger charge is -2.18. The molecule has 2 amide bonds. The zero-order valence-electron chi connectivity index (χ0n) is 13.7. The number of amides is 2. The van der Waals surface area contributed by atoms with Crippen LogP contribution in [0.1, 0.15) is 25.8 Å². The van der Waals surface area contributed by atoms with Gasteiger partial charge in [0.1, 0.15) is 10.4 Å². The molecule has 1 N–H and O–H groups in total. The van der Waals surface area contributed by atoms with Crippen molar-refractivity contribution in [1.82, 2.24) is 4.90 Å². The zero-order chi connectivity index (χ0) is 18.3. The molecule has 0 saturated carbocycles. The highest BCUT2D eigenvalue weighted by Crippen LogP contribution is 2.44. The third-order valence-corrected chi connectivity index (χ3v) is 5.54. The normalized spacial score (nSPS) is 21.1. The van der Waals surface area contributed by atoms with E-state index in [0.29, 0.717) is 17.7 Å². The average molecular weight is 376 g/mol. The maximum Gasteiger partial charge on any atom is 0.326 e. The van der Waals surface area contributed by atoms with Crippen LogP contribution in [-0.4, -0.2) is 44.7 Å². The Kier molecular flexibility index (Phi) is 4.66. The molecular weight excluding hydrogens is 360 g/mol. The van der Waals surface area contributed by atoms with Crippen LogP contribution in [0.15, 0.2) is 29.2 Å². The van der Waals surface area contributed by atoms with Gasteiger partial charge in [-0.2, -0.15) is 0 Å². The molecule has 1 atom stereocenters. The molecule has 0 spiro atoms. The predicted molar refractivity (Wildman–Crippen MR) is 100 cm³/mol. The van der Waals surface area contributed by atoms with Gasteiger partial charge in [-0.05, 0) is 19.4 Å². The Morgan fingerprint density at radius 3 is 2.60 bits per heavy atom. The lowest BCUT2D eigenvalue weighted by molar-refractivity contribution is -0.144. The first-order valence-electron chi connectivity index (χ1n) is 7.82. The third-order valence-electron chi connectivity index (χ3n) is 4.14. The van der Waals surface area contributed by atoms with Crippen molar-refractivity contribution in [1.29, 1.82) is 0 Å². The molecule has 1 aromatic carbocycles. The largest absolute Gasteiger partial charge is 0.480 e. The Hall–Kier alpha value is -2.19. The average Bonchev–Trinajstić information content (AvgIpc) is 3.01. The second-order valence-corrected chi connectivity index (χ2v) is 7.38. The number of carboxylic acid groups (broad SMARTS) is 1. The van der Waals surface area contributed by atoms with Crippen molar-refractivity contribution in [3.63, 3.8) is 0 Å². The summed E-state index contributed by atoms with van der Waals surface area (Å²) in [4.78, 5) is 39.9. The number of fused-ring (bicyclic) bond motifs is 1. The molecule has 2 heterocycles. The van der Waals surface area contributed by atoms with Crippen molar-refractivity contribution >= 4 is 57.3 Å². The van der Waals surface area contributed by atoms with E-state index in [-0.39, 0.29) is 15.1 Å². The van der Waals surface area contributed by atoms with Crippen molar-refractivity contribution in [2.75, 3.05) is 11.4 Å². The number of nitrogens with zero attached hydrogens (tertiary/aromatic N) is 2. The fraction of sp³-hybridized carbons (Fsp3) is 0.294. The molecule has 3 rings (SSSR count). The van der Waals surface area contributed by atoms with Gasteiger partial charge in [-0.25, -0.2) is 4.79 Å². The minimum absolute atomic E-state index is 0.154. The molecule has 1 saturated heterocycles. The van der Waals surface area contributed by atoms with Crippen LogP contribution in [-0.2, 0) is 14.4 Å². The summed E-state index contributed by atoms with van der Waals surface area (Å²) in [5, 5.41) is 9.20. The summed E-state index contributed by atoms with van der Waals surface area (Å²) in [6.07, 6.45) is 0.782. The van der Waals surface area contributed by atoms with E-state index in [1.165, 1.54) is 6.92 Å². The van der Waals surface area contributed by atoms with Crippen LogP contribution in [0.4, 0.5) is 5.69 Å². The van der Waals surface area contributed by atoms with Gasteiger partial charge in [0.05, 0.1) is 16.2 Å². The SMILES string of the molecule is CCCN1C(=O)/C(=C2\SC(=S)N([C@@H](C)C(=O)O)C2=O)c2ccccc21. The highest BCUT2D eigenvalue weighted by Gasteiger charge is 2.44. The standard InChI is InChI=1S/C17H16N2O4S2/c1-3-8-18-11-7-5-4-6-10(11)12(14(18)20)13-15(21)19(17(24)25-13)9(2)16(22)23/h4-7,9H,3,8H2,1-2H3,(H,22,23)/b13-12-/t9-/m0/s1. The van der Waals surface area contributed by atoms with Gasteiger partial charge >= 0.3 is 5.97 Å². The highest BCUT2D eigenvalue weighted by atomic mass is 32.2. The Balaban J connectivity index is 2.12. The van der Waals surface area contributed by atoms with Gasteiger partial charge in [0, 0.05) is 12.1 Å². The monoisotopic (exact) mass is 376 g/mol. The molecule has 0 radical (unpaired) electrons. The molecule has 1 fully saturated rings. The lowest BCUT2D eigenvalue weighted by atomic mass is 10.1. The van der Waals surface area contributed by atoms with Gasteiger partial charge in [0.25, 0.3) is 11.8 Å². The van der Waals surface area contributed by atoms with Gasteiger partial charge in [-0.3, -0.25) is 14.5 Å². The highest BCUT2D eigenvalue weighted by molar-refractivity contribution is 8.26. The van der Waals surface area contributed by atoms with Gasteiger partial charge in [0.2, 0.25) is 0 Å². The fourth-order valence-electron chi connectivity index (χ4n) is 2.92. The molecule has 8 heteroatoms. The van der Waals surface area contributed by atoms with E-state index < -0.39 is 17.9 Å². The number of thioether (sulfide) groups is 1. The third kappa shape index (κ3) is 2.75. The minimum atomic E-state index is -1.15. The molecular formula is C17H16N2O4S2. The molecule has 1 aromatic rings. The van der Waals surface area contributed by atoms with Crippen LogP contribution in [0.25, 0.3) is 5.57 Å². The van der Waals surface area contributed by atoms with Crippen LogP contribution >= 0.6 is 24.0 Å².